The zero-order valence-electron chi connectivity index (χ0n) is 10.7. The highest BCUT2D eigenvalue weighted by Crippen LogP contribution is 2.06. The number of aromatic amines is 1. The molecule has 0 atom stereocenters. The third kappa shape index (κ3) is 3.94. The lowest BCUT2D eigenvalue weighted by atomic mass is 10.3. The van der Waals surface area contributed by atoms with E-state index in [-0.39, 0.29) is 17.3 Å². The minimum Gasteiger partial charge on any atom is -0.367 e. The Bertz CT molecular complexity index is 651. The summed E-state index contributed by atoms with van der Waals surface area (Å²) >= 11 is 0. The zero-order chi connectivity index (χ0) is 14.4. The smallest absolute Gasteiger partial charge is 0.241 e. The SMILES string of the molecule is O=C(CNS(=O)(=O)c1ccccc1)NCc1cc[nH]c1. The molecule has 0 aliphatic heterocycles. The van der Waals surface area contributed by atoms with Gasteiger partial charge in [0.25, 0.3) is 0 Å². The van der Waals surface area contributed by atoms with Crippen LogP contribution in [0, 0.1) is 0 Å². The molecule has 1 aromatic heterocycles. The lowest BCUT2D eigenvalue weighted by molar-refractivity contribution is -0.120. The first-order chi connectivity index (χ1) is 9.58. The van der Waals surface area contributed by atoms with Gasteiger partial charge in [-0.3, -0.25) is 4.79 Å². The second-order valence-corrected chi connectivity index (χ2v) is 5.90. The van der Waals surface area contributed by atoms with Gasteiger partial charge in [0.05, 0.1) is 11.4 Å². The summed E-state index contributed by atoms with van der Waals surface area (Å²) in [6.07, 6.45) is 3.51. The van der Waals surface area contributed by atoms with E-state index in [4.69, 9.17) is 0 Å². The number of aromatic nitrogens is 1. The molecule has 2 aromatic rings. The Hall–Kier alpha value is -2.12. The van der Waals surface area contributed by atoms with Crippen molar-refractivity contribution < 1.29 is 13.2 Å². The van der Waals surface area contributed by atoms with Crippen LogP contribution in [0.2, 0.25) is 0 Å². The Kier molecular flexibility index (Phi) is 4.54. The van der Waals surface area contributed by atoms with Gasteiger partial charge < -0.3 is 10.3 Å². The molecule has 0 saturated carbocycles. The number of carbonyl (C=O) groups excluding carboxylic acids is 1. The molecule has 1 aromatic carbocycles. The average Bonchev–Trinajstić information content (AvgIpc) is 2.97. The van der Waals surface area contributed by atoms with Crippen LogP contribution >= 0.6 is 0 Å². The van der Waals surface area contributed by atoms with Gasteiger partial charge in [-0.25, -0.2) is 13.1 Å². The highest BCUT2D eigenvalue weighted by molar-refractivity contribution is 7.89. The standard InChI is InChI=1S/C13H15N3O3S/c17-13(15-9-11-6-7-14-8-11)10-16-20(18,19)12-4-2-1-3-5-12/h1-8,14,16H,9-10H2,(H,15,17). The maximum Gasteiger partial charge on any atom is 0.241 e. The fraction of sp³-hybridized carbons (Fsp3) is 0.154. The highest BCUT2D eigenvalue weighted by Gasteiger charge is 2.14. The van der Waals surface area contributed by atoms with E-state index in [0.29, 0.717) is 6.54 Å². The van der Waals surface area contributed by atoms with Crippen molar-refractivity contribution in [2.75, 3.05) is 6.54 Å². The maximum atomic E-state index is 11.9. The first-order valence-electron chi connectivity index (χ1n) is 6.01. The van der Waals surface area contributed by atoms with Crippen molar-refractivity contribution in [2.45, 2.75) is 11.4 Å². The molecule has 3 N–H and O–H groups in total. The topological polar surface area (TPSA) is 91.1 Å². The van der Waals surface area contributed by atoms with E-state index < -0.39 is 10.0 Å². The summed E-state index contributed by atoms with van der Waals surface area (Å²) in [5.41, 5.74) is 0.921. The van der Waals surface area contributed by atoms with E-state index in [2.05, 4.69) is 15.0 Å². The van der Waals surface area contributed by atoms with Gasteiger partial charge in [-0.2, -0.15) is 0 Å². The van der Waals surface area contributed by atoms with Crippen molar-refractivity contribution in [1.82, 2.24) is 15.0 Å². The number of sulfonamides is 1. The first-order valence-corrected chi connectivity index (χ1v) is 7.49. The first kappa shape index (κ1) is 14.3. The van der Waals surface area contributed by atoms with Gasteiger partial charge in [-0.15, -0.1) is 0 Å². The quantitative estimate of drug-likeness (QED) is 0.728. The number of nitrogens with one attached hydrogen (secondary N) is 3. The van der Waals surface area contributed by atoms with Crippen LogP contribution in [-0.2, 0) is 21.4 Å². The number of amides is 1. The predicted molar refractivity (Wildman–Crippen MR) is 74.3 cm³/mol. The molecule has 0 fully saturated rings. The molecular formula is C13H15N3O3S. The van der Waals surface area contributed by atoms with Gasteiger partial charge in [0.1, 0.15) is 0 Å². The zero-order valence-corrected chi connectivity index (χ0v) is 11.5. The molecule has 106 valence electrons. The number of rotatable bonds is 6. The van der Waals surface area contributed by atoms with E-state index in [0.717, 1.165) is 5.56 Å². The monoisotopic (exact) mass is 293 g/mol. The Morgan fingerprint density at radius 1 is 1.15 bits per heavy atom. The van der Waals surface area contributed by atoms with Crippen LogP contribution < -0.4 is 10.0 Å². The number of H-pyrrole nitrogens is 1. The van der Waals surface area contributed by atoms with Crippen LogP contribution in [0.3, 0.4) is 0 Å². The van der Waals surface area contributed by atoms with Crippen LogP contribution in [-0.4, -0.2) is 25.9 Å². The fourth-order valence-corrected chi connectivity index (χ4v) is 2.58. The summed E-state index contributed by atoms with van der Waals surface area (Å²) in [6, 6.07) is 9.75. The number of hydrogen-bond donors (Lipinski definition) is 3. The number of hydrogen-bond acceptors (Lipinski definition) is 3. The summed E-state index contributed by atoms with van der Waals surface area (Å²) < 4.78 is 26.0. The molecule has 0 saturated heterocycles. The summed E-state index contributed by atoms with van der Waals surface area (Å²) in [4.78, 5) is 14.6. The molecule has 0 aliphatic carbocycles. The molecule has 20 heavy (non-hydrogen) atoms. The van der Waals surface area contributed by atoms with Crippen molar-refractivity contribution in [2.24, 2.45) is 0 Å². The average molecular weight is 293 g/mol. The summed E-state index contributed by atoms with van der Waals surface area (Å²) in [6.45, 7) is 0.0665. The second kappa shape index (κ2) is 6.36. The third-order valence-corrected chi connectivity index (χ3v) is 4.05. The Morgan fingerprint density at radius 3 is 2.55 bits per heavy atom. The fourth-order valence-electron chi connectivity index (χ4n) is 1.58. The van der Waals surface area contributed by atoms with Gasteiger partial charge in [0, 0.05) is 18.9 Å². The van der Waals surface area contributed by atoms with Crippen molar-refractivity contribution in [3.8, 4) is 0 Å². The van der Waals surface area contributed by atoms with E-state index in [1.165, 1.54) is 12.1 Å². The minimum atomic E-state index is -3.64. The van der Waals surface area contributed by atoms with Gasteiger partial charge in [-0.1, -0.05) is 18.2 Å². The molecule has 0 aliphatic rings. The Morgan fingerprint density at radius 2 is 1.90 bits per heavy atom. The lowest BCUT2D eigenvalue weighted by Crippen LogP contribution is -2.36. The number of benzene rings is 1. The van der Waals surface area contributed by atoms with Crippen molar-refractivity contribution in [3.63, 3.8) is 0 Å². The van der Waals surface area contributed by atoms with Gasteiger partial charge in [0.15, 0.2) is 0 Å². The summed E-state index contributed by atoms with van der Waals surface area (Å²) in [5, 5.41) is 2.62. The van der Waals surface area contributed by atoms with Crippen molar-refractivity contribution in [1.29, 1.82) is 0 Å². The predicted octanol–water partition coefficient (Wildman–Crippen LogP) is 0.609. The van der Waals surface area contributed by atoms with Gasteiger partial charge in [0.2, 0.25) is 15.9 Å². The van der Waals surface area contributed by atoms with Gasteiger partial charge in [-0.05, 0) is 23.8 Å². The summed E-state index contributed by atoms with van der Waals surface area (Å²) in [7, 11) is -3.64. The minimum absolute atomic E-state index is 0.137. The Balaban J connectivity index is 1.84. The molecule has 0 unspecified atom stereocenters. The molecule has 1 amide bonds. The van der Waals surface area contributed by atoms with E-state index in [9.17, 15) is 13.2 Å². The number of carbonyl (C=O) groups is 1. The normalized spacial score (nSPS) is 11.2. The molecule has 0 radical (unpaired) electrons. The summed E-state index contributed by atoms with van der Waals surface area (Å²) in [5.74, 6) is -0.384. The molecule has 7 heteroatoms. The molecular weight excluding hydrogens is 278 g/mol. The largest absolute Gasteiger partial charge is 0.367 e. The molecule has 0 bridgehead atoms. The second-order valence-electron chi connectivity index (χ2n) is 4.13. The van der Waals surface area contributed by atoms with E-state index >= 15 is 0 Å². The van der Waals surface area contributed by atoms with Crippen molar-refractivity contribution in [3.05, 3.63) is 54.4 Å². The van der Waals surface area contributed by atoms with E-state index in [1.807, 2.05) is 6.07 Å². The molecule has 2 rings (SSSR count). The van der Waals surface area contributed by atoms with Crippen LogP contribution in [0.1, 0.15) is 5.56 Å². The van der Waals surface area contributed by atoms with Crippen molar-refractivity contribution >= 4 is 15.9 Å². The van der Waals surface area contributed by atoms with Crippen LogP contribution in [0.5, 0.6) is 0 Å². The van der Waals surface area contributed by atoms with Gasteiger partial charge >= 0.3 is 0 Å². The maximum absolute atomic E-state index is 11.9. The van der Waals surface area contributed by atoms with Crippen LogP contribution in [0.4, 0.5) is 0 Å². The van der Waals surface area contributed by atoms with E-state index in [1.54, 1.807) is 30.6 Å². The highest BCUT2D eigenvalue weighted by atomic mass is 32.2. The molecule has 1 heterocycles. The third-order valence-electron chi connectivity index (χ3n) is 2.63. The molecule has 0 spiro atoms. The Labute approximate surface area is 117 Å². The lowest BCUT2D eigenvalue weighted by Gasteiger charge is -2.07. The molecule has 6 nitrogen and oxygen atoms in total. The van der Waals surface area contributed by atoms with Crippen LogP contribution in [0.25, 0.3) is 0 Å². The van der Waals surface area contributed by atoms with Crippen LogP contribution in [0.15, 0.2) is 53.7 Å².